The molecule has 1 atom stereocenters. The molecule has 1 aliphatic carbocycles. The molecule has 1 saturated heterocycles. The van der Waals surface area contributed by atoms with Gasteiger partial charge in [0.15, 0.2) is 0 Å². The maximum Gasteiger partial charge on any atom is 0.242 e. The van der Waals surface area contributed by atoms with Gasteiger partial charge in [0.2, 0.25) is 15.9 Å². The van der Waals surface area contributed by atoms with Gasteiger partial charge in [0, 0.05) is 19.1 Å². The summed E-state index contributed by atoms with van der Waals surface area (Å²) in [5, 5.41) is 0. The van der Waals surface area contributed by atoms with Gasteiger partial charge in [-0.3, -0.25) is 4.79 Å². The molecule has 1 aliphatic heterocycles. The lowest BCUT2D eigenvalue weighted by Crippen LogP contribution is -2.58. The molecule has 0 aromatic carbocycles. The van der Waals surface area contributed by atoms with Gasteiger partial charge in [0.1, 0.15) is 0 Å². The summed E-state index contributed by atoms with van der Waals surface area (Å²) < 4.78 is 25.1. The molecule has 1 amide bonds. The fraction of sp³-hybridized carbons (Fsp3) is 0.917. The minimum atomic E-state index is -3.23. The summed E-state index contributed by atoms with van der Waals surface area (Å²) in [6.07, 6.45) is 6.22. The largest absolute Gasteiger partial charge is 0.340 e. The van der Waals surface area contributed by atoms with Crippen LogP contribution >= 0.6 is 0 Å². The van der Waals surface area contributed by atoms with E-state index in [9.17, 15) is 13.2 Å². The average molecular weight is 289 g/mol. The maximum atomic E-state index is 12.5. The molecule has 7 heteroatoms. The van der Waals surface area contributed by atoms with Crippen LogP contribution in [0.15, 0.2) is 0 Å². The fourth-order valence-electron chi connectivity index (χ4n) is 3.10. The summed E-state index contributed by atoms with van der Waals surface area (Å²) in [6.45, 7) is 1.12. The molecule has 110 valence electrons. The Hall–Kier alpha value is -0.660. The van der Waals surface area contributed by atoms with Gasteiger partial charge >= 0.3 is 0 Å². The lowest BCUT2D eigenvalue weighted by atomic mass is 9.95. The molecule has 2 aliphatic rings. The van der Waals surface area contributed by atoms with E-state index >= 15 is 0 Å². The molecule has 6 nitrogen and oxygen atoms in total. The summed E-state index contributed by atoms with van der Waals surface area (Å²) in [7, 11) is -3.23. The van der Waals surface area contributed by atoms with Crippen molar-refractivity contribution in [3.63, 3.8) is 0 Å². The van der Waals surface area contributed by atoms with Gasteiger partial charge in [-0.05, 0) is 25.7 Å². The van der Waals surface area contributed by atoms with Gasteiger partial charge in [-0.2, -0.15) is 0 Å². The topological polar surface area (TPSA) is 92.5 Å². The Morgan fingerprint density at radius 3 is 2.53 bits per heavy atom. The molecule has 2 rings (SSSR count). The van der Waals surface area contributed by atoms with E-state index in [4.69, 9.17) is 5.73 Å². The Morgan fingerprint density at radius 1 is 1.32 bits per heavy atom. The van der Waals surface area contributed by atoms with Gasteiger partial charge in [-0.15, -0.1) is 0 Å². The number of likely N-dealkylation sites (tertiary alicyclic amines) is 1. The van der Waals surface area contributed by atoms with Crippen LogP contribution in [0.5, 0.6) is 0 Å². The molecular weight excluding hydrogens is 266 g/mol. The third-order valence-corrected chi connectivity index (χ3v) is 4.77. The van der Waals surface area contributed by atoms with Crippen molar-refractivity contribution in [2.75, 3.05) is 19.3 Å². The number of piperidine rings is 1. The highest BCUT2D eigenvalue weighted by atomic mass is 32.2. The molecule has 1 saturated carbocycles. The van der Waals surface area contributed by atoms with Gasteiger partial charge in [-0.1, -0.05) is 12.8 Å². The zero-order valence-electron chi connectivity index (χ0n) is 11.4. The van der Waals surface area contributed by atoms with E-state index in [2.05, 4.69) is 4.72 Å². The van der Waals surface area contributed by atoms with Crippen molar-refractivity contribution < 1.29 is 13.2 Å². The Balaban J connectivity index is 1.99. The number of rotatable bonds is 3. The van der Waals surface area contributed by atoms with Crippen LogP contribution in [0, 0.1) is 0 Å². The van der Waals surface area contributed by atoms with Crippen molar-refractivity contribution in [1.29, 1.82) is 0 Å². The van der Waals surface area contributed by atoms with E-state index in [0.29, 0.717) is 13.1 Å². The summed E-state index contributed by atoms with van der Waals surface area (Å²) in [4.78, 5) is 14.2. The van der Waals surface area contributed by atoms with Gasteiger partial charge in [0.05, 0.1) is 11.8 Å². The number of carbonyl (C=O) groups excluding carboxylic acids is 1. The third kappa shape index (κ3) is 3.67. The van der Waals surface area contributed by atoms with Gasteiger partial charge in [0.25, 0.3) is 0 Å². The molecule has 0 bridgehead atoms. The second kappa shape index (κ2) is 5.38. The van der Waals surface area contributed by atoms with Crippen LogP contribution in [0.1, 0.15) is 38.5 Å². The highest BCUT2D eigenvalue weighted by Crippen LogP contribution is 2.30. The van der Waals surface area contributed by atoms with Crippen molar-refractivity contribution in [2.24, 2.45) is 5.73 Å². The van der Waals surface area contributed by atoms with Crippen molar-refractivity contribution in [2.45, 2.75) is 50.1 Å². The summed E-state index contributed by atoms with van der Waals surface area (Å²) >= 11 is 0. The highest BCUT2D eigenvalue weighted by molar-refractivity contribution is 7.88. The van der Waals surface area contributed by atoms with E-state index in [0.717, 1.165) is 44.8 Å². The minimum absolute atomic E-state index is 0.00926. The number of hydrogen-bond acceptors (Lipinski definition) is 4. The third-order valence-electron chi connectivity index (χ3n) is 4.01. The van der Waals surface area contributed by atoms with Crippen molar-refractivity contribution in [3.05, 3.63) is 0 Å². The number of nitrogens with two attached hydrogens (primary N) is 1. The van der Waals surface area contributed by atoms with Crippen molar-refractivity contribution >= 4 is 15.9 Å². The lowest BCUT2D eigenvalue weighted by Gasteiger charge is -2.37. The van der Waals surface area contributed by atoms with Crippen molar-refractivity contribution in [3.8, 4) is 0 Å². The molecule has 0 aromatic rings. The second-order valence-corrected chi connectivity index (χ2v) is 7.62. The number of hydrogen-bond donors (Lipinski definition) is 2. The summed E-state index contributed by atoms with van der Waals surface area (Å²) in [6, 6.07) is -0.183. The first-order chi connectivity index (χ1) is 8.80. The Labute approximate surface area is 114 Å². The van der Waals surface area contributed by atoms with Crippen LogP contribution in [0.4, 0.5) is 0 Å². The quantitative estimate of drug-likeness (QED) is 0.752. The van der Waals surface area contributed by atoms with Crippen LogP contribution in [0.3, 0.4) is 0 Å². The molecule has 1 unspecified atom stereocenters. The van der Waals surface area contributed by atoms with E-state index in [1.54, 1.807) is 4.90 Å². The smallest absolute Gasteiger partial charge is 0.242 e. The Bertz CT molecular complexity index is 443. The predicted molar refractivity (Wildman–Crippen MR) is 73.0 cm³/mol. The Kier molecular flexibility index (Phi) is 4.17. The van der Waals surface area contributed by atoms with Crippen LogP contribution in [0.2, 0.25) is 0 Å². The average Bonchev–Trinajstić information content (AvgIpc) is 2.74. The number of carbonyl (C=O) groups is 1. The highest BCUT2D eigenvalue weighted by Gasteiger charge is 2.41. The molecule has 0 aromatic heterocycles. The van der Waals surface area contributed by atoms with Crippen LogP contribution in [0.25, 0.3) is 0 Å². The maximum absolute atomic E-state index is 12.5. The number of sulfonamides is 1. The predicted octanol–water partition coefficient (Wildman–Crippen LogP) is -0.202. The zero-order chi connectivity index (χ0) is 14.1. The second-order valence-electron chi connectivity index (χ2n) is 5.84. The molecular formula is C12H23N3O3S. The lowest BCUT2D eigenvalue weighted by molar-refractivity contribution is -0.138. The minimum Gasteiger partial charge on any atom is -0.340 e. The molecule has 2 fully saturated rings. The molecule has 0 radical (unpaired) electrons. The monoisotopic (exact) mass is 289 g/mol. The standard InChI is InChI=1S/C12H23N3O3S/c1-19(17,18)14-10-5-4-8-15(9-10)11(16)12(13)6-2-3-7-12/h10,14H,2-9,13H2,1H3. The first kappa shape index (κ1) is 14.7. The first-order valence-electron chi connectivity index (χ1n) is 6.86. The van der Waals surface area contributed by atoms with Gasteiger partial charge in [-0.25, -0.2) is 13.1 Å². The normalized spacial score (nSPS) is 27.5. The molecule has 0 spiro atoms. The van der Waals surface area contributed by atoms with Crippen LogP contribution in [-0.4, -0.2) is 50.2 Å². The van der Waals surface area contributed by atoms with E-state index in [1.165, 1.54) is 0 Å². The summed E-state index contributed by atoms with van der Waals surface area (Å²) in [5.41, 5.74) is 5.46. The number of nitrogens with zero attached hydrogens (tertiary/aromatic N) is 1. The van der Waals surface area contributed by atoms with Gasteiger partial charge < -0.3 is 10.6 Å². The first-order valence-corrected chi connectivity index (χ1v) is 8.75. The van der Waals surface area contributed by atoms with Crippen LogP contribution < -0.4 is 10.5 Å². The van der Waals surface area contributed by atoms with E-state index < -0.39 is 15.6 Å². The Morgan fingerprint density at radius 2 is 1.95 bits per heavy atom. The SMILES string of the molecule is CS(=O)(=O)NC1CCCN(C(=O)C2(N)CCCC2)C1. The van der Waals surface area contributed by atoms with E-state index in [1.807, 2.05) is 0 Å². The van der Waals surface area contributed by atoms with E-state index in [-0.39, 0.29) is 11.9 Å². The molecule has 3 N–H and O–H groups in total. The number of nitrogens with one attached hydrogen (secondary N) is 1. The molecule has 19 heavy (non-hydrogen) atoms. The fourth-order valence-corrected chi connectivity index (χ4v) is 3.89. The van der Waals surface area contributed by atoms with Crippen LogP contribution in [-0.2, 0) is 14.8 Å². The van der Waals surface area contributed by atoms with Crippen molar-refractivity contribution in [1.82, 2.24) is 9.62 Å². The zero-order valence-corrected chi connectivity index (χ0v) is 12.2. The summed E-state index contributed by atoms with van der Waals surface area (Å²) in [5.74, 6) is -0.00926. The molecule has 1 heterocycles. The number of amides is 1.